The lowest BCUT2D eigenvalue weighted by molar-refractivity contribution is 0.0630. The van der Waals surface area contributed by atoms with E-state index in [-0.39, 0.29) is 12.7 Å². The first kappa shape index (κ1) is 20.6. The summed E-state index contributed by atoms with van der Waals surface area (Å²) >= 11 is 0. The molecule has 0 bridgehead atoms. The molecule has 0 aliphatic carbocycles. The summed E-state index contributed by atoms with van der Waals surface area (Å²) in [5.41, 5.74) is 4.43. The third-order valence-electron chi connectivity index (χ3n) is 6.43. The maximum Gasteiger partial charge on any atom is 0.254 e. The van der Waals surface area contributed by atoms with Gasteiger partial charge in [-0.3, -0.25) is 14.7 Å². The van der Waals surface area contributed by atoms with E-state index < -0.39 is 0 Å². The van der Waals surface area contributed by atoms with Gasteiger partial charge < -0.3 is 14.4 Å². The van der Waals surface area contributed by atoms with Gasteiger partial charge in [-0.05, 0) is 42.0 Å². The first-order chi connectivity index (χ1) is 16.7. The number of hydrogen-bond acceptors (Lipinski definition) is 6. The third kappa shape index (κ3) is 3.95. The van der Waals surface area contributed by atoms with Crippen molar-refractivity contribution in [3.63, 3.8) is 0 Å². The van der Waals surface area contributed by atoms with Crippen molar-refractivity contribution in [1.82, 2.24) is 19.8 Å². The van der Waals surface area contributed by atoms with Crippen LogP contribution in [0.2, 0.25) is 0 Å². The van der Waals surface area contributed by atoms with E-state index in [4.69, 9.17) is 14.5 Å². The van der Waals surface area contributed by atoms with Crippen molar-refractivity contribution >= 4 is 16.8 Å². The number of para-hydroxylation sites is 1. The Labute approximate surface area is 197 Å². The van der Waals surface area contributed by atoms with Gasteiger partial charge in [0.1, 0.15) is 0 Å². The summed E-state index contributed by atoms with van der Waals surface area (Å²) in [4.78, 5) is 26.8. The summed E-state index contributed by atoms with van der Waals surface area (Å²) < 4.78 is 10.9. The molecule has 1 amide bonds. The highest BCUT2D eigenvalue weighted by molar-refractivity contribution is 6.07. The lowest BCUT2D eigenvalue weighted by Crippen LogP contribution is -2.48. The van der Waals surface area contributed by atoms with E-state index >= 15 is 0 Å². The van der Waals surface area contributed by atoms with E-state index in [2.05, 4.69) is 16.0 Å². The van der Waals surface area contributed by atoms with Gasteiger partial charge >= 0.3 is 0 Å². The van der Waals surface area contributed by atoms with Crippen LogP contribution in [0.15, 0.2) is 73.1 Å². The monoisotopic (exact) mass is 452 g/mol. The van der Waals surface area contributed by atoms with Crippen molar-refractivity contribution in [3.8, 4) is 22.8 Å². The SMILES string of the molecule is O=C(c1cc(-c2ccncc2)nc2ccccc12)N1CCN(Cc2ccc3c(c2)OCO3)CC1. The third-order valence-corrected chi connectivity index (χ3v) is 6.43. The van der Waals surface area contributed by atoms with Crippen molar-refractivity contribution < 1.29 is 14.3 Å². The predicted octanol–water partition coefficient (Wildman–Crippen LogP) is 3.98. The Bertz CT molecular complexity index is 1350. The summed E-state index contributed by atoms with van der Waals surface area (Å²) in [5, 5.41) is 0.882. The molecule has 6 rings (SSSR count). The molecular weight excluding hydrogens is 428 g/mol. The van der Waals surface area contributed by atoms with Gasteiger partial charge in [-0.1, -0.05) is 24.3 Å². The normalized spacial score (nSPS) is 15.6. The van der Waals surface area contributed by atoms with E-state index in [9.17, 15) is 4.79 Å². The predicted molar refractivity (Wildman–Crippen MR) is 129 cm³/mol. The van der Waals surface area contributed by atoms with Crippen molar-refractivity contribution in [2.24, 2.45) is 0 Å². The van der Waals surface area contributed by atoms with E-state index in [0.29, 0.717) is 18.7 Å². The van der Waals surface area contributed by atoms with Crippen LogP contribution < -0.4 is 9.47 Å². The number of rotatable bonds is 4. The molecule has 7 nitrogen and oxygen atoms in total. The number of carbonyl (C=O) groups excluding carboxylic acids is 1. The van der Waals surface area contributed by atoms with E-state index in [1.807, 2.05) is 59.5 Å². The fourth-order valence-corrected chi connectivity index (χ4v) is 4.60. The second-order valence-electron chi connectivity index (χ2n) is 8.56. The molecular formula is C27H24N4O3. The van der Waals surface area contributed by atoms with Crippen molar-refractivity contribution in [3.05, 3.63) is 84.2 Å². The Hall–Kier alpha value is -3.97. The Morgan fingerprint density at radius 3 is 2.53 bits per heavy atom. The van der Waals surface area contributed by atoms with E-state index in [0.717, 1.165) is 53.3 Å². The number of fused-ring (bicyclic) bond motifs is 2. The summed E-state index contributed by atoms with van der Waals surface area (Å²) in [6.07, 6.45) is 3.49. The Morgan fingerprint density at radius 1 is 0.882 bits per heavy atom. The second kappa shape index (κ2) is 8.76. The lowest BCUT2D eigenvalue weighted by atomic mass is 10.0. The van der Waals surface area contributed by atoms with Crippen LogP contribution in [0.3, 0.4) is 0 Å². The summed E-state index contributed by atoms with van der Waals surface area (Å²) in [5.74, 6) is 1.66. The number of carbonyl (C=O) groups is 1. The number of nitrogens with zero attached hydrogens (tertiary/aromatic N) is 4. The van der Waals surface area contributed by atoms with Gasteiger partial charge in [-0.15, -0.1) is 0 Å². The lowest BCUT2D eigenvalue weighted by Gasteiger charge is -2.35. The molecule has 2 aromatic carbocycles. The highest BCUT2D eigenvalue weighted by atomic mass is 16.7. The fourth-order valence-electron chi connectivity index (χ4n) is 4.60. The van der Waals surface area contributed by atoms with Crippen LogP contribution in [0.4, 0.5) is 0 Å². The van der Waals surface area contributed by atoms with Gasteiger partial charge in [-0.2, -0.15) is 0 Å². The molecule has 0 spiro atoms. The van der Waals surface area contributed by atoms with Crippen LogP contribution in [0, 0.1) is 0 Å². The number of benzene rings is 2. The number of aromatic nitrogens is 2. The number of amides is 1. The Morgan fingerprint density at radius 2 is 1.68 bits per heavy atom. The number of piperazine rings is 1. The highest BCUT2D eigenvalue weighted by Gasteiger charge is 2.25. The maximum atomic E-state index is 13.6. The molecule has 2 aliphatic heterocycles. The van der Waals surface area contributed by atoms with Crippen LogP contribution in [0.5, 0.6) is 11.5 Å². The van der Waals surface area contributed by atoms with Crippen molar-refractivity contribution in [2.75, 3.05) is 33.0 Å². The Kier molecular flexibility index (Phi) is 5.31. The maximum absolute atomic E-state index is 13.6. The number of hydrogen-bond donors (Lipinski definition) is 0. The van der Waals surface area contributed by atoms with Crippen molar-refractivity contribution in [1.29, 1.82) is 0 Å². The zero-order valence-electron chi connectivity index (χ0n) is 18.7. The van der Waals surface area contributed by atoms with Crippen LogP contribution >= 0.6 is 0 Å². The quantitative estimate of drug-likeness (QED) is 0.467. The minimum Gasteiger partial charge on any atom is -0.454 e. The zero-order chi connectivity index (χ0) is 22.9. The molecule has 0 saturated carbocycles. The molecule has 0 atom stereocenters. The molecule has 34 heavy (non-hydrogen) atoms. The van der Waals surface area contributed by atoms with E-state index in [1.54, 1.807) is 12.4 Å². The molecule has 1 fully saturated rings. The van der Waals surface area contributed by atoms with Crippen LogP contribution in [-0.4, -0.2) is 58.6 Å². The smallest absolute Gasteiger partial charge is 0.254 e. The summed E-state index contributed by atoms with van der Waals surface area (Å²) in [6.45, 7) is 4.12. The summed E-state index contributed by atoms with van der Waals surface area (Å²) in [6, 6.07) is 19.7. The topological polar surface area (TPSA) is 67.8 Å². The average molecular weight is 453 g/mol. The highest BCUT2D eigenvalue weighted by Crippen LogP contribution is 2.33. The van der Waals surface area contributed by atoms with Crippen molar-refractivity contribution in [2.45, 2.75) is 6.54 Å². The molecule has 4 aromatic rings. The van der Waals surface area contributed by atoms with Crippen LogP contribution in [0.1, 0.15) is 15.9 Å². The minimum atomic E-state index is 0.0524. The van der Waals surface area contributed by atoms with Gasteiger partial charge in [0, 0.05) is 56.1 Å². The molecule has 4 heterocycles. The van der Waals surface area contributed by atoms with E-state index in [1.165, 1.54) is 5.56 Å². The molecule has 7 heteroatoms. The number of ether oxygens (including phenoxy) is 2. The van der Waals surface area contributed by atoms with Crippen LogP contribution in [0.25, 0.3) is 22.2 Å². The first-order valence-corrected chi connectivity index (χ1v) is 11.4. The van der Waals surface area contributed by atoms with Crippen LogP contribution in [-0.2, 0) is 6.54 Å². The van der Waals surface area contributed by atoms with Gasteiger partial charge in [0.15, 0.2) is 11.5 Å². The van der Waals surface area contributed by atoms with Gasteiger partial charge in [0.25, 0.3) is 5.91 Å². The molecule has 2 aliphatic rings. The molecule has 0 radical (unpaired) electrons. The van der Waals surface area contributed by atoms with Gasteiger partial charge in [0.2, 0.25) is 6.79 Å². The molecule has 0 unspecified atom stereocenters. The molecule has 2 aromatic heterocycles. The largest absolute Gasteiger partial charge is 0.454 e. The molecule has 0 N–H and O–H groups in total. The summed E-state index contributed by atoms with van der Waals surface area (Å²) in [7, 11) is 0. The van der Waals surface area contributed by atoms with Gasteiger partial charge in [0.05, 0.1) is 16.8 Å². The molecule has 1 saturated heterocycles. The molecule has 170 valence electrons. The fraction of sp³-hybridized carbons (Fsp3) is 0.222. The second-order valence-corrected chi connectivity index (χ2v) is 8.56. The Balaban J connectivity index is 1.20. The average Bonchev–Trinajstić information content (AvgIpc) is 3.37. The minimum absolute atomic E-state index is 0.0524. The zero-order valence-corrected chi connectivity index (χ0v) is 18.7. The number of pyridine rings is 2. The standard InChI is InChI=1S/C27H24N4O3/c32-27(22-16-24(20-7-9-28-10-8-20)29-23-4-2-1-3-21(22)23)31-13-11-30(12-14-31)17-19-5-6-25-26(15-19)34-18-33-25/h1-10,15-16H,11-14,17-18H2. The first-order valence-electron chi connectivity index (χ1n) is 11.4. The van der Waals surface area contributed by atoms with Gasteiger partial charge in [-0.25, -0.2) is 4.98 Å².